The SMILES string of the molecule is CCOC(=O)c1c(O)coc1Cl. The summed E-state index contributed by atoms with van der Waals surface area (Å²) < 4.78 is 9.18. The summed E-state index contributed by atoms with van der Waals surface area (Å²) >= 11 is 5.45. The Hall–Kier alpha value is -1.16. The second-order valence-electron chi connectivity index (χ2n) is 1.99. The second kappa shape index (κ2) is 3.49. The van der Waals surface area contributed by atoms with E-state index in [0.29, 0.717) is 0 Å². The molecule has 12 heavy (non-hydrogen) atoms. The summed E-state index contributed by atoms with van der Waals surface area (Å²) in [4.78, 5) is 11.0. The molecule has 0 aliphatic heterocycles. The van der Waals surface area contributed by atoms with E-state index in [-0.39, 0.29) is 23.1 Å². The van der Waals surface area contributed by atoms with Crippen molar-refractivity contribution in [3.8, 4) is 5.75 Å². The minimum atomic E-state index is -0.686. The van der Waals surface area contributed by atoms with Crippen LogP contribution in [0.1, 0.15) is 17.3 Å². The smallest absolute Gasteiger partial charge is 0.346 e. The van der Waals surface area contributed by atoms with E-state index >= 15 is 0 Å². The minimum Gasteiger partial charge on any atom is -0.504 e. The number of aromatic hydroxyl groups is 1. The van der Waals surface area contributed by atoms with E-state index in [4.69, 9.17) is 16.7 Å². The lowest BCUT2D eigenvalue weighted by atomic mass is 10.3. The fraction of sp³-hybridized carbons (Fsp3) is 0.286. The summed E-state index contributed by atoms with van der Waals surface area (Å²) in [5.74, 6) is -0.993. The number of furan rings is 1. The van der Waals surface area contributed by atoms with Crippen LogP contribution in [0.25, 0.3) is 0 Å². The van der Waals surface area contributed by atoms with Gasteiger partial charge in [0.25, 0.3) is 0 Å². The van der Waals surface area contributed by atoms with Gasteiger partial charge < -0.3 is 14.3 Å². The van der Waals surface area contributed by atoms with Crippen molar-refractivity contribution < 1.29 is 19.1 Å². The molecule has 0 atom stereocenters. The largest absolute Gasteiger partial charge is 0.504 e. The highest BCUT2D eigenvalue weighted by molar-refractivity contribution is 6.32. The van der Waals surface area contributed by atoms with Gasteiger partial charge in [-0.1, -0.05) is 0 Å². The van der Waals surface area contributed by atoms with Crippen LogP contribution in [-0.2, 0) is 4.74 Å². The van der Waals surface area contributed by atoms with Gasteiger partial charge >= 0.3 is 5.97 Å². The van der Waals surface area contributed by atoms with Crippen LogP contribution in [0.3, 0.4) is 0 Å². The van der Waals surface area contributed by atoms with E-state index in [1.165, 1.54) is 0 Å². The molecule has 0 aromatic carbocycles. The standard InChI is InChI=1S/C7H7ClO4/c1-2-11-7(10)5-4(9)3-12-6(5)8/h3,9H,2H2,1H3. The van der Waals surface area contributed by atoms with Crippen LogP contribution in [0.5, 0.6) is 5.75 Å². The number of esters is 1. The summed E-state index contributed by atoms with van der Waals surface area (Å²) in [6, 6.07) is 0. The molecule has 0 aliphatic rings. The molecule has 0 bridgehead atoms. The highest BCUT2D eigenvalue weighted by atomic mass is 35.5. The maximum Gasteiger partial charge on any atom is 0.346 e. The van der Waals surface area contributed by atoms with Crippen molar-refractivity contribution in [3.05, 3.63) is 17.0 Å². The molecule has 0 amide bonds. The van der Waals surface area contributed by atoms with E-state index in [9.17, 15) is 4.79 Å². The normalized spacial score (nSPS) is 9.83. The lowest BCUT2D eigenvalue weighted by Gasteiger charge is -1.98. The first-order valence-electron chi connectivity index (χ1n) is 3.30. The Bertz CT molecular complexity index is 272. The third kappa shape index (κ3) is 1.53. The molecule has 66 valence electrons. The molecular weight excluding hydrogens is 184 g/mol. The highest BCUT2D eigenvalue weighted by Crippen LogP contribution is 2.28. The van der Waals surface area contributed by atoms with Crippen molar-refractivity contribution in [3.63, 3.8) is 0 Å². The van der Waals surface area contributed by atoms with Crippen LogP contribution in [0.15, 0.2) is 10.7 Å². The molecule has 0 radical (unpaired) electrons. The Morgan fingerprint density at radius 3 is 2.92 bits per heavy atom. The molecule has 1 heterocycles. The van der Waals surface area contributed by atoms with Crippen LogP contribution in [0.4, 0.5) is 0 Å². The third-order valence-corrected chi connectivity index (χ3v) is 1.48. The Morgan fingerprint density at radius 2 is 2.50 bits per heavy atom. The first-order chi connectivity index (χ1) is 5.66. The maximum atomic E-state index is 11.0. The quantitative estimate of drug-likeness (QED) is 0.723. The van der Waals surface area contributed by atoms with Crippen LogP contribution in [0, 0.1) is 0 Å². The number of ether oxygens (including phenoxy) is 1. The molecular formula is C7H7ClO4. The Balaban J connectivity index is 2.93. The lowest BCUT2D eigenvalue weighted by Crippen LogP contribution is -2.03. The zero-order valence-electron chi connectivity index (χ0n) is 6.33. The monoisotopic (exact) mass is 190 g/mol. The van der Waals surface area contributed by atoms with Crippen LogP contribution in [-0.4, -0.2) is 17.7 Å². The molecule has 0 saturated carbocycles. The van der Waals surface area contributed by atoms with Crippen molar-refractivity contribution in [1.29, 1.82) is 0 Å². The number of rotatable bonds is 2. The average Bonchev–Trinajstić information content (AvgIpc) is 2.32. The molecule has 1 rings (SSSR count). The van der Waals surface area contributed by atoms with Gasteiger partial charge in [0.1, 0.15) is 6.26 Å². The Morgan fingerprint density at radius 1 is 1.83 bits per heavy atom. The summed E-state index contributed by atoms with van der Waals surface area (Å²) in [6.45, 7) is 1.88. The van der Waals surface area contributed by atoms with E-state index in [0.717, 1.165) is 6.26 Å². The van der Waals surface area contributed by atoms with Crippen molar-refractivity contribution in [2.24, 2.45) is 0 Å². The Kier molecular flexibility index (Phi) is 2.60. The lowest BCUT2D eigenvalue weighted by molar-refractivity contribution is 0.0523. The molecule has 5 heteroatoms. The van der Waals surface area contributed by atoms with Crippen molar-refractivity contribution >= 4 is 17.6 Å². The van der Waals surface area contributed by atoms with E-state index in [1.54, 1.807) is 6.92 Å². The number of carbonyl (C=O) groups is 1. The van der Waals surface area contributed by atoms with Gasteiger partial charge in [-0.2, -0.15) is 0 Å². The van der Waals surface area contributed by atoms with Gasteiger partial charge in [-0.15, -0.1) is 0 Å². The van der Waals surface area contributed by atoms with Gasteiger partial charge in [0.15, 0.2) is 11.3 Å². The minimum absolute atomic E-state index is 0.126. The van der Waals surface area contributed by atoms with Gasteiger partial charge in [0.2, 0.25) is 5.22 Å². The third-order valence-electron chi connectivity index (χ3n) is 1.21. The van der Waals surface area contributed by atoms with Gasteiger partial charge in [0.05, 0.1) is 6.61 Å². The molecule has 1 aromatic rings. The predicted molar refractivity (Wildman–Crippen MR) is 41.3 cm³/mol. The van der Waals surface area contributed by atoms with Gasteiger partial charge in [-0.3, -0.25) is 0 Å². The zero-order valence-corrected chi connectivity index (χ0v) is 7.09. The van der Waals surface area contributed by atoms with Gasteiger partial charge in [-0.05, 0) is 18.5 Å². The summed E-state index contributed by atoms with van der Waals surface area (Å²) in [5, 5.41) is 8.89. The van der Waals surface area contributed by atoms with Crippen molar-refractivity contribution in [2.45, 2.75) is 6.92 Å². The maximum absolute atomic E-state index is 11.0. The van der Waals surface area contributed by atoms with E-state index in [1.807, 2.05) is 0 Å². The summed E-state index contributed by atoms with van der Waals surface area (Å²) in [6.07, 6.45) is 0.981. The Labute approximate surface area is 73.7 Å². The topological polar surface area (TPSA) is 59.7 Å². The van der Waals surface area contributed by atoms with Crippen LogP contribution >= 0.6 is 11.6 Å². The van der Waals surface area contributed by atoms with E-state index < -0.39 is 5.97 Å². The number of halogens is 1. The highest BCUT2D eigenvalue weighted by Gasteiger charge is 2.20. The summed E-state index contributed by atoms with van der Waals surface area (Å²) in [5.41, 5.74) is -0.126. The average molecular weight is 191 g/mol. The zero-order chi connectivity index (χ0) is 9.14. The molecule has 0 aliphatic carbocycles. The molecule has 4 nitrogen and oxygen atoms in total. The fourth-order valence-corrected chi connectivity index (χ4v) is 0.933. The van der Waals surface area contributed by atoms with Crippen LogP contribution < -0.4 is 0 Å². The molecule has 0 saturated heterocycles. The van der Waals surface area contributed by atoms with Crippen molar-refractivity contribution in [2.75, 3.05) is 6.61 Å². The summed E-state index contributed by atoms with van der Waals surface area (Å²) in [7, 11) is 0. The molecule has 1 N–H and O–H groups in total. The second-order valence-corrected chi connectivity index (χ2v) is 2.33. The predicted octanol–water partition coefficient (Wildman–Crippen LogP) is 1.82. The van der Waals surface area contributed by atoms with Crippen molar-refractivity contribution in [1.82, 2.24) is 0 Å². The number of hydrogen-bond acceptors (Lipinski definition) is 4. The number of hydrogen-bond donors (Lipinski definition) is 1. The molecule has 0 spiro atoms. The van der Waals surface area contributed by atoms with Crippen LogP contribution in [0.2, 0.25) is 5.22 Å². The van der Waals surface area contributed by atoms with Gasteiger partial charge in [0, 0.05) is 0 Å². The molecule has 0 unspecified atom stereocenters. The first kappa shape index (κ1) is 8.93. The van der Waals surface area contributed by atoms with Gasteiger partial charge in [-0.25, -0.2) is 4.79 Å². The first-order valence-corrected chi connectivity index (χ1v) is 3.67. The molecule has 1 aromatic heterocycles. The fourth-order valence-electron chi connectivity index (χ4n) is 0.714. The van der Waals surface area contributed by atoms with E-state index in [2.05, 4.69) is 9.15 Å². The molecule has 0 fully saturated rings. The number of carbonyl (C=O) groups excluding carboxylic acids is 1.